The highest BCUT2D eigenvalue weighted by molar-refractivity contribution is 5.93. The number of hydrogen-bond acceptors (Lipinski definition) is 7. The van der Waals surface area contributed by atoms with Crippen LogP contribution in [0.15, 0.2) is 78.2 Å². The van der Waals surface area contributed by atoms with Crippen molar-refractivity contribution in [1.29, 1.82) is 5.41 Å². The first-order valence-corrected chi connectivity index (χ1v) is 13.2. The Hall–Kier alpha value is -4.54. The molecule has 0 aliphatic carbocycles. The lowest BCUT2D eigenvalue weighted by atomic mass is 10.0. The Morgan fingerprint density at radius 1 is 0.976 bits per heavy atom. The molecule has 0 spiro atoms. The molecule has 1 fully saturated rings. The Balaban J connectivity index is 1.63. The van der Waals surface area contributed by atoms with E-state index in [0.717, 1.165) is 17.3 Å². The number of nitrogens with one attached hydrogen (secondary N) is 1. The Morgan fingerprint density at radius 2 is 1.63 bits per heavy atom. The number of carbonyl (C=O) groups is 2. The summed E-state index contributed by atoms with van der Waals surface area (Å²) in [6.45, 7) is 5.35. The van der Waals surface area contributed by atoms with E-state index in [1.165, 1.54) is 31.5 Å². The number of allylic oxidation sites excluding steroid dienone is 1. The summed E-state index contributed by atoms with van der Waals surface area (Å²) in [7, 11) is 1.49. The predicted octanol–water partition coefficient (Wildman–Crippen LogP) is 3.61. The third kappa shape index (κ3) is 7.56. The van der Waals surface area contributed by atoms with Crippen LogP contribution in [-0.2, 0) is 14.3 Å². The van der Waals surface area contributed by atoms with Gasteiger partial charge in [-0.15, -0.1) is 0 Å². The molecule has 3 aromatic carbocycles. The average molecular weight is 562 g/mol. The van der Waals surface area contributed by atoms with Gasteiger partial charge in [-0.2, -0.15) is 0 Å². The van der Waals surface area contributed by atoms with Gasteiger partial charge in [0.2, 0.25) is 5.91 Å². The maximum Gasteiger partial charge on any atom is 0.385 e. The van der Waals surface area contributed by atoms with Crippen LogP contribution in [0.5, 0.6) is 11.5 Å². The van der Waals surface area contributed by atoms with Gasteiger partial charge in [-0.05, 0) is 48.9 Å². The van der Waals surface area contributed by atoms with Gasteiger partial charge in [-0.3, -0.25) is 4.79 Å². The number of hydrogen-bond donors (Lipinski definition) is 2. The van der Waals surface area contributed by atoms with E-state index in [4.69, 9.17) is 19.6 Å². The lowest BCUT2D eigenvalue weighted by Gasteiger charge is -2.36. The number of quaternary nitrogens is 1. The maximum atomic E-state index is 13.9. The molecule has 0 saturated carbocycles. The molecular weight excluding hydrogens is 527 g/mol. The number of carbonyl (C=O) groups excluding carboxylic acids is 2. The van der Waals surface area contributed by atoms with Crippen LogP contribution in [0.25, 0.3) is 11.1 Å². The Bertz CT molecular complexity index is 1420. The largest absolute Gasteiger partial charge is 0.467 e. The molecule has 0 bridgehead atoms. The molecule has 0 unspecified atom stereocenters. The Kier molecular flexibility index (Phi) is 9.83. The molecule has 1 aliphatic rings. The van der Waals surface area contributed by atoms with E-state index in [0.29, 0.717) is 54.6 Å². The van der Waals surface area contributed by atoms with E-state index in [-0.39, 0.29) is 24.4 Å². The van der Waals surface area contributed by atoms with Crippen LogP contribution in [0.1, 0.15) is 12.5 Å². The van der Waals surface area contributed by atoms with Crippen molar-refractivity contribution in [1.82, 2.24) is 9.80 Å². The molecule has 3 aromatic rings. The number of methoxy groups -OCH3 is 1. The lowest BCUT2D eigenvalue weighted by molar-refractivity contribution is -0.481. The highest BCUT2D eigenvalue weighted by Crippen LogP contribution is 2.32. The minimum absolute atomic E-state index is 0.00972. The van der Waals surface area contributed by atoms with Gasteiger partial charge in [0.1, 0.15) is 28.7 Å². The highest BCUT2D eigenvalue weighted by atomic mass is 19.1. The molecule has 0 radical (unpaired) electrons. The summed E-state index contributed by atoms with van der Waals surface area (Å²) in [5.74, 6) is -0.101. The molecular formula is C31H34FN4O5+. The number of ether oxygens (including phenoxy) is 3. The normalized spacial score (nSPS) is 13.9. The number of nitrogens with zero attached hydrogens (tertiary/aromatic N) is 2. The number of aryl methyl sites for hydroxylation is 1. The Labute approximate surface area is 238 Å². The molecule has 0 aromatic heterocycles. The van der Waals surface area contributed by atoms with E-state index in [9.17, 15) is 14.0 Å². The second-order valence-corrected chi connectivity index (χ2v) is 9.59. The zero-order chi connectivity index (χ0) is 29.4. The van der Waals surface area contributed by atoms with Crippen LogP contribution in [0.3, 0.4) is 0 Å². The summed E-state index contributed by atoms with van der Waals surface area (Å²) >= 11 is 0. The summed E-state index contributed by atoms with van der Waals surface area (Å²) in [5.41, 5.74) is 3.53. The highest BCUT2D eigenvalue weighted by Gasteiger charge is 2.28. The van der Waals surface area contributed by atoms with Crippen molar-refractivity contribution in [2.45, 2.75) is 13.8 Å². The lowest BCUT2D eigenvalue weighted by Crippen LogP contribution is -2.83. The van der Waals surface area contributed by atoms with Crippen LogP contribution in [0.2, 0.25) is 0 Å². The topological polar surface area (TPSA) is 109 Å². The molecule has 2 amide bonds. The third-order valence-corrected chi connectivity index (χ3v) is 6.70. The van der Waals surface area contributed by atoms with E-state index in [1.807, 2.05) is 36.1 Å². The van der Waals surface area contributed by atoms with E-state index in [1.54, 1.807) is 35.2 Å². The van der Waals surface area contributed by atoms with Crippen LogP contribution in [-0.4, -0.2) is 67.9 Å². The molecule has 3 N–H and O–H groups in total. The number of rotatable bonds is 10. The smallest absolute Gasteiger partial charge is 0.385 e. The fourth-order valence-electron chi connectivity index (χ4n) is 4.47. The minimum atomic E-state index is -0.429. The molecule has 1 aliphatic heterocycles. The minimum Gasteiger partial charge on any atom is -0.467 e. The first-order valence-electron chi connectivity index (χ1n) is 13.2. The van der Waals surface area contributed by atoms with Crippen LogP contribution in [0.4, 0.5) is 10.1 Å². The van der Waals surface area contributed by atoms with Gasteiger partial charge < -0.3 is 29.4 Å². The van der Waals surface area contributed by atoms with Gasteiger partial charge in [0.25, 0.3) is 5.76 Å². The van der Waals surface area contributed by atoms with Crippen molar-refractivity contribution in [3.63, 3.8) is 0 Å². The second-order valence-electron chi connectivity index (χ2n) is 9.59. The summed E-state index contributed by atoms with van der Waals surface area (Å²) < 4.78 is 30.5. The van der Waals surface area contributed by atoms with Crippen molar-refractivity contribution < 1.29 is 33.5 Å². The van der Waals surface area contributed by atoms with Crippen LogP contribution in [0, 0.1) is 18.2 Å². The first-order chi connectivity index (χ1) is 19.8. The fourth-order valence-corrected chi connectivity index (χ4v) is 4.47. The number of halogens is 1. The monoisotopic (exact) mass is 561 g/mol. The maximum absolute atomic E-state index is 13.9. The van der Waals surface area contributed by atoms with Crippen molar-refractivity contribution >= 4 is 23.7 Å². The van der Waals surface area contributed by atoms with Crippen molar-refractivity contribution in [3.05, 3.63) is 89.6 Å². The zero-order valence-electron chi connectivity index (χ0n) is 23.4. The van der Waals surface area contributed by atoms with Gasteiger partial charge in [0.05, 0.1) is 0 Å². The van der Waals surface area contributed by atoms with E-state index in [2.05, 4.69) is 0 Å². The van der Waals surface area contributed by atoms with Gasteiger partial charge in [-0.1, -0.05) is 29.8 Å². The molecule has 1 saturated heterocycles. The van der Waals surface area contributed by atoms with Gasteiger partial charge >= 0.3 is 5.91 Å². The predicted molar refractivity (Wildman–Crippen MR) is 152 cm³/mol. The molecule has 10 heteroatoms. The standard InChI is InChI=1S/C31H33FN4O5/c1-21-4-9-25(10-5-21)34-31(38)30(28(19-33)36-16-14-35(15-17-36)22(2)37)41-26-11-6-23(7-12-26)27-13-8-24(32)18-29(27)40-20-39-3/h4-13,18-19,33H,14-17,20H2,1-3H3,(H,34,38)/p+1/b30-28-,33-19?. The first kappa shape index (κ1) is 29.4. The van der Waals surface area contributed by atoms with E-state index < -0.39 is 5.82 Å². The zero-order valence-corrected chi connectivity index (χ0v) is 23.4. The molecule has 0 atom stereocenters. The average Bonchev–Trinajstić information content (AvgIpc) is 2.98. The summed E-state index contributed by atoms with van der Waals surface area (Å²) in [6.07, 6.45) is 1.12. The fraction of sp³-hybridized carbons (Fsp3) is 0.258. The molecule has 41 heavy (non-hydrogen) atoms. The summed E-state index contributed by atoms with van der Waals surface area (Å²) in [5, 5.41) is 9.65. The third-order valence-electron chi connectivity index (χ3n) is 6.70. The van der Waals surface area contributed by atoms with Crippen molar-refractivity contribution in [2.75, 3.05) is 40.1 Å². The quantitative estimate of drug-likeness (QED) is 0.129. The van der Waals surface area contributed by atoms with Gasteiger partial charge in [0, 0.05) is 58.1 Å². The van der Waals surface area contributed by atoms with Gasteiger partial charge in [-0.25, -0.2) is 14.5 Å². The van der Waals surface area contributed by atoms with Crippen LogP contribution >= 0.6 is 0 Å². The number of amides is 2. The SMILES string of the molecule is COCOc1cc(F)ccc1-c1ccc(O/C(C(=O)[NH2+]c2ccc(C)cc2)=C(/C=N)N2CCN(C(C)=O)CC2)cc1. The second kappa shape index (κ2) is 13.7. The molecule has 4 rings (SSSR count). The Morgan fingerprint density at radius 3 is 2.24 bits per heavy atom. The summed E-state index contributed by atoms with van der Waals surface area (Å²) in [6, 6.07) is 18.8. The molecule has 1 heterocycles. The number of benzene rings is 3. The molecule has 214 valence electrons. The number of nitrogens with two attached hydrogens (primary N) is 1. The van der Waals surface area contributed by atoms with Crippen molar-refractivity contribution in [2.24, 2.45) is 0 Å². The number of primary amides is 1. The molecule has 9 nitrogen and oxygen atoms in total. The summed E-state index contributed by atoms with van der Waals surface area (Å²) in [4.78, 5) is 29.0. The van der Waals surface area contributed by atoms with Crippen molar-refractivity contribution in [3.8, 4) is 22.6 Å². The number of piperazine rings is 1. The van der Waals surface area contributed by atoms with E-state index >= 15 is 0 Å². The van der Waals surface area contributed by atoms with Crippen LogP contribution < -0.4 is 14.8 Å². The van der Waals surface area contributed by atoms with Gasteiger partial charge in [0.15, 0.2) is 6.79 Å².